The molecule has 0 saturated carbocycles. The maximum Gasteiger partial charge on any atom is 0.248 e. The SMILES string of the molecule is CCOc1ccc(C=CC(=O)Nc2ccc(C)cc2C)cc1OC. The number of rotatable bonds is 6. The molecule has 1 amide bonds. The highest BCUT2D eigenvalue weighted by Gasteiger charge is 2.05. The maximum atomic E-state index is 12.1. The average molecular weight is 325 g/mol. The molecule has 2 aromatic carbocycles. The standard InChI is InChI=1S/C20H23NO3/c1-5-24-18-10-7-16(13-19(18)23-4)8-11-20(22)21-17-9-6-14(2)12-15(17)3/h6-13H,5H2,1-4H3,(H,21,22). The van der Waals surface area contributed by atoms with Crippen LogP contribution in [0.15, 0.2) is 42.5 Å². The molecule has 2 rings (SSSR count). The van der Waals surface area contributed by atoms with Gasteiger partial charge in [-0.1, -0.05) is 23.8 Å². The van der Waals surface area contributed by atoms with Crippen LogP contribution in [0.5, 0.6) is 11.5 Å². The molecule has 0 fully saturated rings. The normalized spacial score (nSPS) is 10.7. The molecule has 0 bridgehead atoms. The molecule has 24 heavy (non-hydrogen) atoms. The Morgan fingerprint density at radius 1 is 1.12 bits per heavy atom. The molecule has 0 aliphatic rings. The van der Waals surface area contributed by atoms with Crippen molar-refractivity contribution in [2.75, 3.05) is 19.0 Å². The molecule has 4 heteroatoms. The number of hydrogen-bond acceptors (Lipinski definition) is 3. The van der Waals surface area contributed by atoms with Crippen molar-refractivity contribution in [1.82, 2.24) is 0 Å². The summed E-state index contributed by atoms with van der Waals surface area (Å²) in [6, 6.07) is 11.5. The van der Waals surface area contributed by atoms with Crippen LogP contribution in [0.3, 0.4) is 0 Å². The van der Waals surface area contributed by atoms with Gasteiger partial charge in [-0.3, -0.25) is 4.79 Å². The summed E-state index contributed by atoms with van der Waals surface area (Å²) < 4.78 is 10.8. The molecule has 4 nitrogen and oxygen atoms in total. The van der Waals surface area contributed by atoms with Crippen LogP contribution in [0.2, 0.25) is 0 Å². The molecule has 0 heterocycles. The van der Waals surface area contributed by atoms with Gasteiger partial charge >= 0.3 is 0 Å². The smallest absolute Gasteiger partial charge is 0.248 e. The van der Waals surface area contributed by atoms with Crippen LogP contribution in [0.1, 0.15) is 23.6 Å². The van der Waals surface area contributed by atoms with E-state index in [0.29, 0.717) is 18.1 Å². The molecule has 0 aliphatic carbocycles. The summed E-state index contributed by atoms with van der Waals surface area (Å²) in [5, 5.41) is 2.89. The summed E-state index contributed by atoms with van der Waals surface area (Å²) in [4.78, 5) is 12.1. The van der Waals surface area contributed by atoms with Gasteiger partial charge in [0.05, 0.1) is 13.7 Å². The maximum absolute atomic E-state index is 12.1. The zero-order valence-electron chi connectivity index (χ0n) is 14.6. The van der Waals surface area contributed by atoms with Crippen molar-refractivity contribution >= 4 is 17.7 Å². The van der Waals surface area contributed by atoms with Crippen molar-refractivity contribution in [3.05, 3.63) is 59.2 Å². The second kappa shape index (κ2) is 8.20. The van der Waals surface area contributed by atoms with Gasteiger partial charge in [-0.15, -0.1) is 0 Å². The molecule has 0 unspecified atom stereocenters. The van der Waals surface area contributed by atoms with Gasteiger partial charge in [-0.25, -0.2) is 0 Å². The molecule has 0 atom stereocenters. The summed E-state index contributed by atoms with van der Waals surface area (Å²) in [6.07, 6.45) is 3.26. The number of amides is 1. The van der Waals surface area contributed by atoms with E-state index in [-0.39, 0.29) is 5.91 Å². The van der Waals surface area contributed by atoms with E-state index >= 15 is 0 Å². The fourth-order valence-electron chi connectivity index (χ4n) is 2.36. The van der Waals surface area contributed by atoms with E-state index in [1.807, 2.05) is 57.2 Å². The van der Waals surface area contributed by atoms with Crippen LogP contribution >= 0.6 is 0 Å². The Kier molecular flexibility index (Phi) is 6.01. The first-order valence-corrected chi connectivity index (χ1v) is 7.90. The van der Waals surface area contributed by atoms with Crippen LogP contribution in [-0.2, 0) is 4.79 Å². The summed E-state index contributed by atoms with van der Waals surface area (Å²) in [7, 11) is 1.60. The monoisotopic (exact) mass is 325 g/mol. The van der Waals surface area contributed by atoms with Gasteiger partial charge in [0.2, 0.25) is 5.91 Å². The highest BCUT2D eigenvalue weighted by molar-refractivity contribution is 6.02. The van der Waals surface area contributed by atoms with E-state index in [1.165, 1.54) is 11.6 Å². The third-order valence-electron chi connectivity index (χ3n) is 3.55. The molecule has 0 spiro atoms. The quantitative estimate of drug-likeness (QED) is 0.803. The van der Waals surface area contributed by atoms with Crippen molar-refractivity contribution in [3.63, 3.8) is 0 Å². The second-order valence-electron chi connectivity index (χ2n) is 5.48. The zero-order chi connectivity index (χ0) is 17.5. The lowest BCUT2D eigenvalue weighted by atomic mass is 10.1. The first kappa shape index (κ1) is 17.6. The number of anilines is 1. The van der Waals surface area contributed by atoms with Gasteiger partial charge in [0.1, 0.15) is 0 Å². The average Bonchev–Trinajstić information content (AvgIpc) is 2.56. The Morgan fingerprint density at radius 2 is 1.92 bits per heavy atom. The number of benzene rings is 2. The Bertz CT molecular complexity index is 751. The number of carbonyl (C=O) groups is 1. The van der Waals surface area contributed by atoms with Crippen LogP contribution in [0, 0.1) is 13.8 Å². The molecule has 1 N–H and O–H groups in total. The van der Waals surface area contributed by atoms with E-state index in [4.69, 9.17) is 9.47 Å². The van der Waals surface area contributed by atoms with Gasteiger partial charge in [0, 0.05) is 11.8 Å². The lowest BCUT2D eigenvalue weighted by molar-refractivity contribution is -0.111. The van der Waals surface area contributed by atoms with Crippen molar-refractivity contribution < 1.29 is 14.3 Å². The molecule has 2 aromatic rings. The molecule has 0 radical (unpaired) electrons. The van der Waals surface area contributed by atoms with Gasteiger partial charge < -0.3 is 14.8 Å². The van der Waals surface area contributed by atoms with Crippen molar-refractivity contribution in [1.29, 1.82) is 0 Å². The summed E-state index contributed by atoms with van der Waals surface area (Å²) >= 11 is 0. The molecule has 126 valence electrons. The highest BCUT2D eigenvalue weighted by Crippen LogP contribution is 2.28. The fourth-order valence-corrected chi connectivity index (χ4v) is 2.36. The summed E-state index contributed by atoms with van der Waals surface area (Å²) in [6.45, 7) is 6.50. The molecule has 0 saturated heterocycles. The van der Waals surface area contributed by atoms with Gasteiger partial charge in [-0.05, 0) is 56.2 Å². The van der Waals surface area contributed by atoms with Crippen LogP contribution in [0.25, 0.3) is 6.08 Å². The molecule has 0 aromatic heterocycles. The first-order chi connectivity index (χ1) is 11.5. The van der Waals surface area contributed by atoms with Crippen molar-refractivity contribution in [2.45, 2.75) is 20.8 Å². The van der Waals surface area contributed by atoms with Crippen LogP contribution < -0.4 is 14.8 Å². The van der Waals surface area contributed by atoms with Gasteiger partial charge in [0.25, 0.3) is 0 Å². The first-order valence-electron chi connectivity index (χ1n) is 7.90. The number of aryl methyl sites for hydroxylation is 2. The lowest BCUT2D eigenvalue weighted by Gasteiger charge is -2.09. The van der Waals surface area contributed by atoms with E-state index < -0.39 is 0 Å². The minimum atomic E-state index is -0.171. The van der Waals surface area contributed by atoms with Gasteiger partial charge in [0.15, 0.2) is 11.5 Å². The molecule has 0 aliphatic heterocycles. The minimum Gasteiger partial charge on any atom is -0.493 e. The zero-order valence-corrected chi connectivity index (χ0v) is 14.6. The van der Waals surface area contributed by atoms with Crippen molar-refractivity contribution in [3.8, 4) is 11.5 Å². The number of methoxy groups -OCH3 is 1. The predicted octanol–water partition coefficient (Wildman–Crippen LogP) is 4.36. The third-order valence-corrected chi connectivity index (χ3v) is 3.55. The second-order valence-corrected chi connectivity index (χ2v) is 5.48. The number of hydrogen-bond donors (Lipinski definition) is 1. The van der Waals surface area contributed by atoms with E-state index in [0.717, 1.165) is 16.8 Å². The Morgan fingerprint density at radius 3 is 2.58 bits per heavy atom. The van der Waals surface area contributed by atoms with Crippen LogP contribution in [-0.4, -0.2) is 19.6 Å². The molecular formula is C20H23NO3. The Labute approximate surface area is 143 Å². The van der Waals surface area contributed by atoms with Crippen molar-refractivity contribution in [2.24, 2.45) is 0 Å². The largest absolute Gasteiger partial charge is 0.493 e. The highest BCUT2D eigenvalue weighted by atomic mass is 16.5. The van der Waals surface area contributed by atoms with E-state index in [1.54, 1.807) is 13.2 Å². The topological polar surface area (TPSA) is 47.6 Å². The molecular weight excluding hydrogens is 302 g/mol. The fraction of sp³-hybridized carbons (Fsp3) is 0.250. The minimum absolute atomic E-state index is 0.171. The van der Waals surface area contributed by atoms with Gasteiger partial charge in [-0.2, -0.15) is 0 Å². The summed E-state index contributed by atoms with van der Waals surface area (Å²) in [5.41, 5.74) is 3.90. The number of carbonyl (C=O) groups excluding carboxylic acids is 1. The Hall–Kier alpha value is -2.75. The third kappa shape index (κ3) is 4.62. The summed E-state index contributed by atoms with van der Waals surface area (Å²) in [5.74, 6) is 1.17. The predicted molar refractivity (Wildman–Crippen MR) is 97.7 cm³/mol. The van der Waals surface area contributed by atoms with E-state index in [2.05, 4.69) is 5.32 Å². The number of nitrogens with one attached hydrogen (secondary N) is 1. The Balaban J connectivity index is 2.08. The van der Waals surface area contributed by atoms with Crippen LogP contribution in [0.4, 0.5) is 5.69 Å². The number of ether oxygens (including phenoxy) is 2. The lowest BCUT2D eigenvalue weighted by Crippen LogP contribution is -2.08. The van der Waals surface area contributed by atoms with E-state index in [9.17, 15) is 4.79 Å².